The largest absolute Gasteiger partial charge is 0.377 e. The van der Waals surface area contributed by atoms with Crippen molar-refractivity contribution in [1.82, 2.24) is 10.3 Å². The summed E-state index contributed by atoms with van der Waals surface area (Å²) in [7, 11) is -7.27. The van der Waals surface area contributed by atoms with Crippen LogP contribution in [0.5, 0.6) is 0 Å². The molecule has 1 aliphatic heterocycles. The lowest BCUT2D eigenvalue weighted by atomic mass is 9.92. The van der Waals surface area contributed by atoms with Crippen LogP contribution < -0.4 is 10.6 Å². The minimum Gasteiger partial charge on any atom is -0.377 e. The second-order valence-electron chi connectivity index (χ2n) is 15.5. The van der Waals surface area contributed by atoms with Crippen LogP contribution in [0.3, 0.4) is 0 Å². The van der Waals surface area contributed by atoms with Gasteiger partial charge in [0.05, 0.1) is 29.0 Å². The monoisotopic (exact) mass is 702 g/mol. The van der Waals surface area contributed by atoms with E-state index in [9.17, 15) is 26.4 Å². The van der Waals surface area contributed by atoms with Crippen molar-refractivity contribution in [3.8, 4) is 0 Å². The van der Waals surface area contributed by atoms with E-state index in [2.05, 4.69) is 20.9 Å². The minimum atomic E-state index is -3.70. The van der Waals surface area contributed by atoms with E-state index >= 15 is 0 Å². The van der Waals surface area contributed by atoms with E-state index in [1.54, 1.807) is 26.0 Å². The SMILES string of the molecule is CC(C)(C)c1cc(NC(=O)C(C)(C)S(=O)(=O)CC2CCCCO2)on1.CC(C)CS(=O)(=O)C(C)(C)C(=O)Nc1cc(C(C)(C)C)no1. The van der Waals surface area contributed by atoms with Crippen molar-refractivity contribution < 1.29 is 40.2 Å². The summed E-state index contributed by atoms with van der Waals surface area (Å²) in [5, 5.41) is 12.8. The fraction of sp³-hybridized carbons (Fsp3) is 0.750. The molecule has 1 saturated heterocycles. The first-order chi connectivity index (χ1) is 21.2. The Bertz CT molecular complexity index is 1580. The van der Waals surface area contributed by atoms with Crippen molar-refractivity contribution >= 4 is 43.3 Å². The molecule has 0 aromatic carbocycles. The highest BCUT2D eigenvalue weighted by molar-refractivity contribution is 7.93. The molecule has 268 valence electrons. The highest BCUT2D eigenvalue weighted by atomic mass is 32.2. The zero-order valence-corrected chi connectivity index (χ0v) is 31.6. The second kappa shape index (κ2) is 14.8. The first-order valence-electron chi connectivity index (χ1n) is 15.8. The Labute approximate surface area is 280 Å². The molecule has 1 fully saturated rings. The Morgan fingerprint density at radius 3 is 1.53 bits per heavy atom. The summed E-state index contributed by atoms with van der Waals surface area (Å²) >= 11 is 0. The fourth-order valence-corrected chi connectivity index (χ4v) is 7.35. The van der Waals surface area contributed by atoms with Gasteiger partial charge in [0.25, 0.3) is 0 Å². The molecule has 0 bridgehead atoms. The van der Waals surface area contributed by atoms with E-state index in [4.69, 9.17) is 13.8 Å². The summed E-state index contributed by atoms with van der Waals surface area (Å²) < 4.78 is 62.7. The minimum absolute atomic E-state index is 0.0446. The maximum atomic E-state index is 12.7. The number of hydrogen-bond donors (Lipinski definition) is 2. The first kappa shape index (κ1) is 40.4. The van der Waals surface area contributed by atoms with Crippen LogP contribution in [-0.2, 0) is 44.8 Å². The van der Waals surface area contributed by atoms with Crippen molar-refractivity contribution in [2.75, 3.05) is 28.7 Å². The maximum Gasteiger partial charge on any atom is 0.247 e. The topological polar surface area (TPSA) is 188 Å². The molecule has 2 aromatic rings. The molecule has 1 unspecified atom stereocenters. The average molecular weight is 703 g/mol. The maximum absolute atomic E-state index is 12.7. The summed E-state index contributed by atoms with van der Waals surface area (Å²) in [6, 6.07) is 3.23. The van der Waals surface area contributed by atoms with Gasteiger partial charge in [-0.1, -0.05) is 65.7 Å². The number of carbonyl (C=O) groups is 2. The average Bonchev–Trinajstić information content (AvgIpc) is 3.58. The van der Waals surface area contributed by atoms with Gasteiger partial charge in [-0.25, -0.2) is 16.8 Å². The van der Waals surface area contributed by atoms with Gasteiger partial charge in [-0.15, -0.1) is 0 Å². The standard InChI is InChI=1S/C17H28N2O5S.C15H26N2O4S/c1-16(2,3)13-10-14(24-19-13)18-15(20)17(4,5)25(21,22)11-12-8-6-7-9-23-12;1-10(2)9-22(19,20)15(6,7)13(18)16-12-8-11(17-21-12)14(3,4)5/h10,12H,6-9,11H2,1-5H3,(H,18,20);8,10H,9H2,1-7H3,(H,16,18). The summed E-state index contributed by atoms with van der Waals surface area (Å²) in [5.74, 6) is -1.21. The molecular formula is C32H54N4O9S2. The van der Waals surface area contributed by atoms with Crippen LogP contribution in [0.1, 0.15) is 114 Å². The normalized spacial score (nSPS) is 16.7. The lowest BCUT2D eigenvalue weighted by Crippen LogP contribution is -2.48. The lowest BCUT2D eigenvalue weighted by molar-refractivity contribution is -0.118. The molecule has 1 aliphatic rings. The van der Waals surface area contributed by atoms with Gasteiger partial charge >= 0.3 is 0 Å². The van der Waals surface area contributed by atoms with Crippen LogP contribution in [0.25, 0.3) is 0 Å². The predicted octanol–water partition coefficient (Wildman–Crippen LogP) is 5.43. The molecule has 3 heterocycles. The van der Waals surface area contributed by atoms with E-state index in [1.165, 1.54) is 27.7 Å². The van der Waals surface area contributed by atoms with Crippen LogP contribution in [-0.4, -0.2) is 72.7 Å². The fourth-order valence-electron chi connectivity index (χ4n) is 4.22. The van der Waals surface area contributed by atoms with Crippen molar-refractivity contribution in [2.24, 2.45) is 5.92 Å². The van der Waals surface area contributed by atoms with Crippen molar-refractivity contribution in [1.29, 1.82) is 0 Å². The highest BCUT2D eigenvalue weighted by Gasteiger charge is 2.44. The zero-order chi connectivity index (χ0) is 36.2. The number of ether oxygens (including phenoxy) is 1. The third-order valence-electron chi connectivity index (χ3n) is 7.91. The number of amides is 2. The molecule has 47 heavy (non-hydrogen) atoms. The number of carbonyl (C=O) groups excluding carboxylic acids is 2. The van der Waals surface area contributed by atoms with Crippen molar-refractivity contribution in [3.05, 3.63) is 23.5 Å². The number of sulfone groups is 2. The smallest absolute Gasteiger partial charge is 0.247 e. The van der Waals surface area contributed by atoms with E-state index in [0.717, 1.165) is 12.8 Å². The van der Waals surface area contributed by atoms with Gasteiger partial charge < -0.3 is 13.8 Å². The summed E-state index contributed by atoms with van der Waals surface area (Å²) in [6.07, 6.45) is 2.25. The van der Waals surface area contributed by atoms with Crippen LogP contribution in [0.4, 0.5) is 11.8 Å². The van der Waals surface area contributed by atoms with Crippen molar-refractivity contribution in [3.63, 3.8) is 0 Å². The van der Waals surface area contributed by atoms with Gasteiger partial charge in [0, 0.05) is 29.6 Å². The Kier molecular flexibility index (Phi) is 12.7. The van der Waals surface area contributed by atoms with Gasteiger partial charge in [0.2, 0.25) is 23.6 Å². The predicted molar refractivity (Wildman–Crippen MR) is 182 cm³/mol. The third kappa shape index (κ3) is 10.6. The summed E-state index contributed by atoms with van der Waals surface area (Å²) in [5.41, 5.74) is 0.919. The van der Waals surface area contributed by atoms with E-state index in [-0.39, 0.29) is 46.1 Å². The molecular weight excluding hydrogens is 649 g/mol. The lowest BCUT2D eigenvalue weighted by Gasteiger charge is -2.28. The number of nitrogens with zero attached hydrogens (tertiary/aromatic N) is 2. The molecule has 0 aliphatic carbocycles. The van der Waals surface area contributed by atoms with Crippen LogP contribution in [0, 0.1) is 5.92 Å². The number of anilines is 2. The van der Waals surface area contributed by atoms with E-state index in [1.807, 2.05) is 41.5 Å². The number of nitrogens with one attached hydrogen (secondary N) is 2. The van der Waals surface area contributed by atoms with Gasteiger partial charge in [-0.3, -0.25) is 20.2 Å². The molecule has 0 radical (unpaired) electrons. The number of rotatable bonds is 10. The molecule has 0 spiro atoms. The third-order valence-corrected chi connectivity index (χ3v) is 13.3. The van der Waals surface area contributed by atoms with Gasteiger partial charge in [0.15, 0.2) is 19.7 Å². The Balaban J connectivity index is 0.000000330. The van der Waals surface area contributed by atoms with Gasteiger partial charge in [-0.2, -0.15) is 0 Å². The molecule has 13 nitrogen and oxygen atoms in total. The molecule has 2 N–H and O–H groups in total. The highest BCUT2D eigenvalue weighted by Crippen LogP contribution is 2.28. The molecule has 2 aromatic heterocycles. The Morgan fingerprint density at radius 2 is 1.19 bits per heavy atom. The summed E-state index contributed by atoms with van der Waals surface area (Å²) in [4.78, 5) is 24.9. The number of aromatic nitrogens is 2. The Morgan fingerprint density at radius 1 is 0.766 bits per heavy atom. The molecule has 1 atom stereocenters. The number of hydrogen-bond acceptors (Lipinski definition) is 11. The van der Waals surface area contributed by atoms with Crippen LogP contribution in [0.15, 0.2) is 21.2 Å². The first-order valence-corrected chi connectivity index (χ1v) is 19.1. The van der Waals surface area contributed by atoms with Crippen molar-refractivity contribution in [2.45, 2.75) is 129 Å². The second-order valence-corrected chi connectivity index (χ2v) is 20.7. The molecule has 0 saturated carbocycles. The molecule has 3 rings (SSSR count). The quantitative estimate of drug-likeness (QED) is 0.321. The van der Waals surface area contributed by atoms with Crippen LogP contribution in [0.2, 0.25) is 0 Å². The van der Waals surface area contributed by atoms with E-state index in [0.29, 0.717) is 24.4 Å². The zero-order valence-electron chi connectivity index (χ0n) is 29.9. The van der Waals surface area contributed by atoms with Crippen LogP contribution >= 0.6 is 0 Å². The molecule has 2 amide bonds. The van der Waals surface area contributed by atoms with Gasteiger partial charge in [-0.05, 0) is 52.9 Å². The Hall–Kier alpha value is -2.78. The summed E-state index contributed by atoms with van der Waals surface area (Å²) in [6.45, 7) is 21.6. The van der Waals surface area contributed by atoms with Gasteiger partial charge in [0.1, 0.15) is 9.49 Å². The molecule has 15 heteroatoms. The van der Waals surface area contributed by atoms with E-state index < -0.39 is 41.0 Å².